The Balaban J connectivity index is 2.52. The molecule has 1 aromatic heterocycles. The van der Waals surface area contributed by atoms with Gasteiger partial charge < -0.3 is 16.2 Å². The Hall–Kier alpha value is -2.29. The van der Waals surface area contributed by atoms with Gasteiger partial charge in [0.2, 0.25) is 5.95 Å². The van der Waals surface area contributed by atoms with Gasteiger partial charge in [-0.15, -0.1) is 13.2 Å². The van der Waals surface area contributed by atoms with Crippen molar-refractivity contribution in [3.63, 3.8) is 0 Å². The van der Waals surface area contributed by atoms with Crippen molar-refractivity contribution in [3.8, 4) is 23.1 Å². The maximum absolute atomic E-state index is 12.2. The number of nitriles is 1. The van der Waals surface area contributed by atoms with E-state index >= 15 is 0 Å². The van der Waals surface area contributed by atoms with Gasteiger partial charge in [-0.3, -0.25) is 0 Å². The van der Waals surface area contributed by atoms with Crippen LogP contribution in [0.2, 0.25) is 0 Å². The highest BCUT2D eigenvalue weighted by molar-refractivity contribution is 14.1. The minimum Gasteiger partial charge on any atom is -0.405 e. The molecule has 0 fully saturated rings. The number of hydrogen-bond acceptors (Lipinski definition) is 6. The van der Waals surface area contributed by atoms with E-state index in [0.29, 0.717) is 5.56 Å². The van der Waals surface area contributed by atoms with E-state index in [9.17, 15) is 13.2 Å². The van der Waals surface area contributed by atoms with Gasteiger partial charge in [-0.25, -0.2) is 4.98 Å². The van der Waals surface area contributed by atoms with Gasteiger partial charge in [0, 0.05) is 5.56 Å². The zero-order valence-electron chi connectivity index (χ0n) is 10.6. The second-order valence-corrected chi connectivity index (χ2v) is 5.16. The molecule has 0 atom stereocenters. The largest absolute Gasteiger partial charge is 0.573 e. The maximum atomic E-state index is 12.2. The highest BCUT2D eigenvalue weighted by atomic mass is 127. The highest BCUT2D eigenvalue weighted by Crippen LogP contribution is 2.32. The zero-order valence-corrected chi connectivity index (χ0v) is 12.8. The van der Waals surface area contributed by atoms with Crippen LogP contribution < -0.4 is 16.2 Å². The Morgan fingerprint density at radius 2 is 1.91 bits per heavy atom. The van der Waals surface area contributed by atoms with Crippen molar-refractivity contribution in [1.29, 1.82) is 5.26 Å². The number of anilines is 2. The van der Waals surface area contributed by atoms with E-state index in [4.69, 9.17) is 16.7 Å². The quantitative estimate of drug-likeness (QED) is 0.722. The Bertz CT molecular complexity index is 773. The van der Waals surface area contributed by atoms with Crippen molar-refractivity contribution in [2.75, 3.05) is 11.5 Å². The van der Waals surface area contributed by atoms with Crippen LogP contribution in [0.4, 0.5) is 24.9 Å². The molecule has 0 unspecified atom stereocenters. The first-order valence-corrected chi connectivity index (χ1v) is 6.68. The summed E-state index contributed by atoms with van der Waals surface area (Å²) >= 11 is 1.68. The average molecular weight is 421 g/mol. The van der Waals surface area contributed by atoms with E-state index in [1.807, 2.05) is 6.07 Å². The van der Waals surface area contributed by atoms with Gasteiger partial charge in [-0.05, 0) is 40.8 Å². The lowest BCUT2D eigenvalue weighted by Crippen LogP contribution is -2.17. The SMILES string of the molecule is N#Cc1c(N)nc(N)nc1-c1ccc(OC(F)(F)F)c(I)c1. The molecule has 1 heterocycles. The van der Waals surface area contributed by atoms with E-state index in [2.05, 4.69) is 14.7 Å². The molecule has 4 N–H and O–H groups in total. The lowest BCUT2D eigenvalue weighted by atomic mass is 10.1. The number of ether oxygens (including phenoxy) is 1. The van der Waals surface area contributed by atoms with Crippen LogP contribution in [-0.2, 0) is 0 Å². The topological polar surface area (TPSA) is 111 Å². The highest BCUT2D eigenvalue weighted by Gasteiger charge is 2.32. The number of benzene rings is 1. The number of nitrogens with two attached hydrogens (primary N) is 2. The van der Waals surface area contributed by atoms with Crippen LogP contribution in [-0.4, -0.2) is 16.3 Å². The molecule has 10 heteroatoms. The van der Waals surface area contributed by atoms with Gasteiger partial charge in [0.25, 0.3) is 0 Å². The molecule has 0 saturated carbocycles. The number of alkyl halides is 3. The fourth-order valence-corrected chi connectivity index (χ4v) is 2.30. The van der Waals surface area contributed by atoms with Gasteiger partial charge in [-0.1, -0.05) is 0 Å². The van der Waals surface area contributed by atoms with E-state index < -0.39 is 6.36 Å². The van der Waals surface area contributed by atoms with Crippen LogP contribution >= 0.6 is 22.6 Å². The van der Waals surface area contributed by atoms with Crippen LogP contribution in [0.15, 0.2) is 18.2 Å². The molecule has 114 valence electrons. The molecule has 2 rings (SSSR count). The molecule has 2 aromatic rings. The summed E-state index contributed by atoms with van der Waals surface area (Å²) < 4.78 is 40.8. The number of hydrogen-bond donors (Lipinski definition) is 2. The Kier molecular flexibility index (Phi) is 4.27. The minimum atomic E-state index is -4.79. The second kappa shape index (κ2) is 5.84. The third kappa shape index (κ3) is 3.48. The number of aromatic nitrogens is 2. The zero-order chi connectivity index (χ0) is 16.5. The summed E-state index contributed by atoms with van der Waals surface area (Å²) in [6.45, 7) is 0. The predicted molar refractivity (Wildman–Crippen MR) is 80.4 cm³/mol. The monoisotopic (exact) mass is 421 g/mol. The van der Waals surface area contributed by atoms with Crippen LogP contribution in [0.25, 0.3) is 11.3 Å². The van der Waals surface area contributed by atoms with Gasteiger partial charge in [-0.2, -0.15) is 10.2 Å². The average Bonchev–Trinajstić information content (AvgIpc) is 2.39. The number of nitrogen functional groups attached to an aromatic ring is 2. The standard InChI is InChI=1S/C12H7F3IN5O/c13-12(14,15)22-8-2-1-5(3-7(8)16)9-6(4-17)10(18)21-11(19)20-9/h1-3H,(H4,18,19,20,21). The van der Waals surface area contributed by atoms with Crippen LogP contribution in [0, 0.1) is 14.9 Å². The van der Waals surface area contributed by atoms with E-state index in [0.717, 1.165) is 6.07 Å². The van der Waals surface area contributed by atoms with Crippen LogP contribution in [0.5, 0.6) is 5.75 Å². The molecule has 0 aliphatic carbocycles. The summed E-state index contributed by atoms with van der Waals surface area (Å²) in [5.74, 6) is -0.599. The molecule has 22 heavy (non-hydrogen) atoms. The first-order chi connectivity index (χ1) is 10.2. The summed E-state index contributed by atoms with van der Waals surface area (Å²) in [7, 11) is 0. The molecule has 0 saturated heterocycles. The van der Waals surface area contributed by atoms with Gasteiger partial charge >= 0.3 is 6.36 Å². The van der Waals surface area contributed by atoms with Gasteiger partial charge in [0.05, 0.1) is 9.26 Å². The summed E-state index contributed by atoms with van der Waals surface area (Å²) in [6.07, 6.45) is -4.79. The van der Waals surface area contributed by atoms with E-state index in [1.54, 1.807) is 22.6 Å². The molecular weight excluding hydrogens is 414 g/mol. The Morgan fingerprint density at radius 1 is 1.23 bits per heavy atom. The van der Waals surface area contributed by atoms with Crippen LogP contribution in [0.3, 0.4) is 0 Å². The summed E-state index contributed by atoms with van der Waals surface area (Å²) in [6, 6.07) is 5.67. The third-order valence-corrected chi connectivity index (χ3v) is 3.34. The van der Waals surface area contributed by atoms with Gasteiger partial charge in [0.15, 0.2) is 0 Å². The molecule has 0 aliphatic rings. The Morgan fingerprint density at radius 3 is 2.45 bits per heavy atom. The van der Waals surface area contributed by atoms with Crippen molar-refractivity contribution < 1.29 is 17.9 Å². The molecular formula is C12H7F3IN5O. The Labute approximate surface area is 136 Å². The first-order valence-electron chi connectivity index (χ1n) is 5.60. The summed E-state index contributed by atoms with van der Waals surface area (Å²) in [5, 5.41) is 9.10. The van der Waals surface area contributed by atoms with Crippen LogP contribution in [0.1, 0.15) is 5.56 Å². The second-order valence-electron chi connectivity index (χ2n) is 4.00. The maximum Gasteiger partial charge on any atom is 0.573 e. The molecule has 0 bridgehead atoms. The summed E-state index contributed by atoms with van der Waals surface area (Å²) in [5.41, 5.74) is 11.6. The van der Waals surface area contributed by atoms with Crippen molar-refractivity contribution in [2.45, 2.75) is 6.36 Å². The lowest BCUT2D eigenvalue weighted by molar-refractivity contribution is -0.274. The fourth-order valence-electron chi connectivity index (χ4n) is 1.67. The molecule has 1 aromatic carbocycles. The fraction of sp³-hybridized carbons (Fsp3) is 0.0833. The van der Waals surface area contributed by atoms with Crippen molar-refractivity contribution in [2.24, 2.45) is 0 Å². The molecule has 0 radical (unpaired) electrons. The van der Waals surface area contributed by atoms with E-state index in [-0.39, 0.29) is 32.3 Å². The molecule has 0 spiro atoms. The number of halogens is 4. The molecule has 0 amide bonds. The third-order valence-electron chi connectivity index (χ3n) is 2.50. The molecule has 0 aliphatic heterocycles. The predicted octanol–water partition coefficient (Wildman–Crippen LogP) is 2.68. The first kappa shape index (κ1) is 16.1. The van der Waals surface area contributed by atoms with Crippen molar-refractivity contribution in [1.82, 2.24) is 9.97 Å². The normalized spacial score (nSPS) is 11.0. The number of nitrogens with zero attached hydrogens (tertiary/aromatic N) is 3. The van der Waals surface area contributed by atoms with Crippen molar-refractivity contribution in [3.05, 3.63) is 27.3 Å². The smallest absolute Gasteiger partial charge is 0.405 e. The van der Waals surface area contributed by atoms with E-state index in [1.165, 1.54) is 12.1 Å². The van der Waals surface area contributed by atoms with Crippen molar-refractivity contribution >= 4 is 34.4 Å². The lowest BCUT2D eigenvalue weighted by Gasteiger charge is -2.12. The number of rotatable bonds is 2. The molecule has 6 nitrogen and oxygen atoms in total. The minimum absolute atomic E-state index is 0.00510. The van der Waals surface area contributed by atoms with Gasteiger partial charge in [0.1, 0.15) is 23.2 Å². The summed E-state index contributed by atoms with van der Waals surface area (Å²) in [4.78, 5) is 7.58.